The van der Waals surface area contributed by atoms with E-state index in [9.17, 15) is 4.39 Å². The van der Waals surface area contributed by atoms with Gasteiger partial charge in [-0.3, -0.25) is 4.98 Å². The third-order valence-corrected chi connectivity index (χ3v) is 4.00. The molecule has 0 bridgehead atoms. The van der Waals surface area contributed by atoms with Crippen LogP contribution in [0, 0.1) is 5.82 Å². The van der Waals surface area contributed by atoms with Gasteiger partial charge in [-0.1, -0.05) is 34.1 Å². The van der Waals surface area contributed by atoms with Gasteiger partial charge in [0.25, 0.3) is 0 Å². The molecule has 4 heteroatoms. The molecule has 0 aliphatic rings. The van der Waals surface area contributed by atoms with Gasteiger partial charge in [0.1, 0.15) is 5.82 Å². The topological polar surface area (TPSA) is 24.9 Å². The molecular weight excluding hydrogens is 331 g/mol. The number of hydrogen-bond donors (Lipinski definition) is 1. The largest absolute Gasteiger partial charge is 0.309 e. The van der Waals surface area contributed by atoms with Crippen LogP contribution >= 0.6 is 15.9 Å². The van der Waals surface area contributed by atoms with Gasteiger partial charge in [0.05, 0.1) is 12.2 Å². The summed E-state index contributed by atoms with van der Waals surface area (Å²) < 4.78 is 14.4. The van der Waals surface area contributed by atoms with E-state index in [1.165, 1.54) is 17.6 Å². The molecule has 0 fully saturated rings. The number of halogens is 2. The average molecular weight is 345 g/mol. The summed E-state index contributed by atoms with van der Waals surface area (Å²) >= 11 is 3.48. The number of nitrogens with one attached hydrogen (secondary N) is 1. The Morgan fingerprint density at radius 2 is 1.76 bits per heavy atom. The van der Waals surface area contributed by atoms with Crippen molar-refractivity contribution in [2.24, 2.45) is 0 Å². The van der Waals surface area contributed by atoms with E-state index in [-0.39, 0.29) is 11.9 Å². The highest BCUT2D eigenvalue weighted by Gasteiger charge is 2.13. The van der Waals surface area contributed by atoms with Crippen LogP contribution in [-0.2, 0) is 0 Å². The Balaban J connectivity index is 2.06. The molecule has 3 aromatic rings. The smallest absolute Gasteiger partial charge is 0.141 e. The van der Waals surface area contributed by atoms with Crippen molar-refractivity contribution < 1.29 is 4.39 Å². The van der Waals surface area contributed by atoms with Crippen LogP contribution in [0.4, 0.5) is 4.39 Å². The predicted molar refractivity (Wildman–Crippen MR) is 86.7 cm³/mol. The lowest BCUT2D eigenvalue weighted by Crippen LogP contribution is -2.18. The van der Waals surface area contributed by atoms with Crippen LogP contribution < -0.4 is 5.32 Å². The molecule has 0 aliphatic carbocycles. The standard InChI is InChI=1S/C17H14BrFN2/c1-20-17(14-8-16(19)10-21-9-14)13-3-2-12-7-15(18)5-4-11(12)6-13/h2-10,17,20H,1H3. The lowest BCUT2D eigenvalue weighted by atomic mass is 9.97. The fraction of sp³-hybridized carbons (Fsp3) is 0.118. The summed E-state index contributed by atoms with van der Waals surface area (Å²) in [7, 11) is 1.86. The van der Waals surface area contributed by atoms with E-state index in [0.717, 1.165) is 21.0 Å². The normalized spacial score (nSPS) is 12.5. The maximum absolute atomic E-state index is 13.4. The monoisotopic (exact) mass is 344 g/mol. The Kier molecular flexibility index (Phi) is 3.99. The molecule has 1 N–H and O–H groups in total. The molecule has 21 heavy (non-hydrogen) atoms. The third-order valence-electron chi connectivity index (χ3n) is 3.51. The summed E-state index contributed by atoms with van der Waals surface area (Å²) in [6.07, 6.45) is 2.91. The van der Waals surface area contributed by atoms with Gasteiger partial charge in [-0.05, 0) is 53.2 Å². The molecule has 2 nitrogen and oxygen atoms in total. The van der Waals surface area contributed by atoms with E-state index in [2.05, 4.69) is 56.6 Å². The van der Waals surface area contributed by atoms with Crippen molar-refractivity contribution in [3.8, 4) is 0 Å². The van der Waals surface area contributed by atoms with Crippen molar-refractivity contribution in [2.45, 2.75) is 6.04 Å². The minimum atomic E-state index is -0.322. The zero-order chi connectivity index (χ0) is 14.8. The number of aromatic nitrogens is 1. The summed E-state index contributed by atoms with van der Waals surface area (Å²) in [5, 5.41) is 5.54. The number of fused-ring (bicyclic) bond motifs is 1. The van der Waals surface area contributed by atoms with Crippen molar-refractivity contribution in [2.75, 3.05) is 7.05 Å². The molecule has 106 valence electrons. The zero-order valence-corrected chi connectivity index (χ0v) is 13.1. The van der Waals surface area contributed by atoms with Crippen molar-refractivity contribution in [3.63, 3.8) is 0 Å². The molecular formula is C17H14BrFN2. The van der Waals surface area contributed by atoms with Crippen molar-refractivity contribution in [1.29, 1.82) is 0 Å². The first-order chi connectivity index (χ1) is 10.2. The molecule has 1 atom stereocenters. The Bertz CT molecular complexity index is 789. The maximum Gasteiger partial charge on any atom is 0.141 e. The molecule has 1 aromatic heterocycles. The molecule has 0 aliphatic heterocycles. The van der Waals surface area contributed by atoms with E-state index < -0.39 is 0 Å². The second-order valence-corrected chi connectivity index (χ2v) is 5.82. The van der Waals surface area contributed by atoms with Crippen LogP contribution in [0.2, 0.25) is 0 Å². The molecule has 3 rings (SSSR count). The van der Waals surface area contributed by atoms with E-state index in [0.29, 0.717) is 0 Å². The summed E-state index contributed by atoms with van der Waals surface area (Å²) in [6, 6.07) is 13.9. The van der Waals surface area contributed by atoms with E-state index in [4.69, 9.17) is 0 Å². The van der Waals surface area contributed by atoms with Crippen molar-refractivity contribution in [1.82, 2.24) is 10.3 Å². The quantitative estimate of drug-likeness (QED) is 0.759. The SMILES string of the molecule is CNC(c1cncc(F)c1)c1ccc2cc(Br)ccc2c1. The van der Waals surface area contributed by atoms with Crippen molar-refractivity contribution >= 4 is 26.7 Å². The van der Waals surface area contributed by atoms with Gasteiger partial charge >= 0.3 is 0 Å². The van der Waals surface area contributed by atoms with Gasteiger partial charge in [0.2, 0.25) is 0 Å². The summed E-state index contributed by atoms with van der Waals surface area (Å²) in [5.41, 5.74) is 1.90. The lowest BCUT2D eigenvalue weighted by Gasteiger charge is -2.17. The first kappa shape index (κ1) is 14.2. The Labute approximate surface area is 131 Å². The van der Waals surface area contributed by atoms with Crippen LogP contribution in [0.15, 0.2) is 59.3 Å². The molecule has 0 radical (unpaired) electrons. The molecule has 1 unspecified atom stereocenters. The summed E-state index contributed by atoms with van der Waals surface area (Å²) in [5.74, 6) is -0.322. The number of nitrogens with zero attached hydrogens (tertiary/aromatic N) is 1. The highest BCUT2D eigenvalue weighted by Crippen LogP contribution is 2.27. The van der Waals surface area contributed by atoms with Gasteiger partial charge in [0, 0.05) is 10.7 Å². The first-order valence-electron chi connectivity index (χ1n) is 6.64. The highest BCUT2D eigenvalue weighted by molar-refractivity contribution is 9.10. The van der Waals surface area contributed by atoms with Gasteiger partial charge in [0.15, 0.2) is 0 Å². The molecule has 0 saturated heterocycles. The van der Waals surface area contributed by atoms with Crippen LogP contribution in [-0.4, -0.2) is 12.0 Å². The minimum Gasteiger partial charge on any atom is -0.309 e. The summed E-state index contributed by atoms with van der Waals surface area (Å²) in [4.78, 5) is 3.93. The van der Waals surface area contributed by atoms with Gasteiger partial charge in [-0.25, -0.2) is 4.39 Å². The second-order valence-electron chi connectivity index (χ2n) is 4.91. The number of rotatable bonds is 3. The fourth-order valence-corrected chi connectivity index (χ4v) is 2.91. The minimum absolute atomic E-state index is 0.0822. The molecule has 0 saturated carbocycles. The number of hydrogen-bond acceptors (Lipinski definition) is 2. The molecule has 2 aromatic carbocycles. The van der Waals surface area contributed by atoms with Crippen LogP contribution in [0.25, 0.3) is 10.8 Å². The lowest BCUT2D eigenvalue weighted by molar-refractivity contribution is 0.609. The van der Waals surface area contributed by atoms with Gasteiger partial charge in [-0.2, -0.15) is 0 Å². The average Bonchev–Trinajstić information content (AvgIpc) is 2.48. The van der Waals surface area contributed by atoms with Gasteiger partial charge < -0.3 is 5.32 Å². The third kappa shape index (κ3) is 2.96. The highest BCUT2D eigenvalue weighted by atomic mass is 79.9. The molecule has 0 spiro atoms. The number of pyridine rings is 1. The second kappa shape index (κ2) is 5.92. The van der Waals surface area contributed by atoms with E-state index >= 15 is 0 Å². The van der Waals surface area contributed by atoms with Crippen LogP contribution in [0.3, 0.4) is 0 Å². The fourth-order valence-electron chi connectivity index (χ4n) is 2.53. The van der Waals surface area contributed by atoms with Crippen molar-refractivity contribution in [3.05, 3.63) is 76.3 Å². The van der Waals surface area contributed by atoms with E-state index in [1.807, 2.05) is 13.1 Å². The summed E-state index contributed by atoms with van der Waals surface area (Å²) in [6.45, 7) is 0. The molecule has 1 heterocycles. The van der Waals surface area contributed by atoms with E-state index in [1.54, 1.807) is 6.20 Å². The Morgan fingerprint density at radius 3 is 2.52 bits per heavy atom. The Hall–Kier alpha value is -1.78. The van der Waals surface area contributed by atoms with Crippen LogP contribution in [0.1, 0.15) is 17.2 Å². The zero-order valence-electron chi connectivity index (χ0n) is 11.5. The molecule has 0 amide bonds. The van der Waals surface area contributed by atoms with Crippen LogP contribution in [0.5, 0.6) is 0 Å². The Morgan fingerprint density at radius 1 is 1.00 bits per heavy atom. The first-order valence-corrected chi connectivity index (χ1v) is 7.43. The maximum atomic E-state index is 13.4. The van der Waals surface area contributed by atoms with Gasteiger partial charge in [-0.15, -0.1) is 0 Å². The number of benzene rings is 2. The predicted octanol–water partition coefficient (Wildman–Crippen LogP) is 4.45.